The van der Waals surface area contributed by atoms with Crippen molar-refractivity contribution in [2.24, 2.45) is 0 Å². The molecule has 0 amide bonds. The summed E-state index contributed by atoms with van der Waals surface area (Å²) in [5.74, 6) is 2.24. The van der Waals surface area contributed by atoms with Crippen LogP contribution in [0.4, 0.5) is 5.95 Å². The van der Waals surface area contributed by atoms with Crippen molar-refractivity contribution in [2.45, 2.75) is 13.0 Å². The fourth-order valence-corrected chi connectivity index (χ4v) is 2.42. The van der Waals surface area contributed by atoms with Gasteiger partial charge < -0.3 is 9.32 Å². The molecule has 0 fully saturated rings. The third-order valence-electron chi connectivity index (χ3n) is 3.45. The van der Waals surface area contributed by atoms with E-state index in [0.717, 1.165) is 36.1 Å². The molecule has 0 bridgehead atoms. The Hall–Kier alpha value is -2.76. The van der Waals surface area contributed by atoms with Crippen LogP contribution in [-0.4, -0.2) is 26.5 Å². The lowest BCUT2D eigenvalue weighted by atomic mass is 10.2. The van der Waals surface area contributed by atoms with Gasteiger partial charge in [-0.05, 0) is 18.2 Å². The van der Waals surface area contributed by atoms with Gasteiger partial charge in [-0.15, -0.1) is 0 Å². The normalized spacial score (nSPS) is 14.0. The van der Waals surface area contributed by atoms with Crippen molar-refractivity contribution in [3.8, 4) is 11.6 Å². The quantitative estimate of drug-likeness (QED) is 0.715. The highest BCUT2D eigenvalue weighted by atomic mass is 16.4. The van der Waals surface area contributed by atoms with Crippen molar-refractivity contribution >= 4 is 5.95 Å². The van der Waals surface area contributed by atoms with Crippen LogP contribution >= 0.6 is 0 Å². The number of aromatic nitrogens is 4. The van der Waals surface area contributed by atoms with Crippen molar-refractivity contribution < 1.29 is 4.42 Å². The number of oxazole rings is 1. The number of hydrogen-bond acceptors (Lipinski definition) is 6. The van der Waals surface area contributed by atoms with Gasteiger partial charge in [0.1, 0.15) is 17.1 Å². The Morgan fingerprint density at radius 1 is 1.00 bits per heavy atom. The summed E-state index contributed by atoms with van der Waals surface area (Å²) in [4.78, 5) is 19.5. The molecule has 4 heterocycles. The molecular weight excluding hydrogens is 266 g/mol. The van der Waals surface area contributed by atoms with E-state index in [0.29, 0.717) is 12.4 Å². The molecule has 0 atom stereocenters. The first kappa shape index (κ1) is 12.0. The van der Waals surface area contributed by atoms with Gasteiger partial charge in [-0.3, -0.25) is 4.98 Å². The molecule has 3 aromatic rings. The third kappa shape index (κ3) is 2.24. The second-order valence-corrected chi connectivity index (χ2v) is 4.82. The molecule has 6 nitrogen and oxygen atoms in total. The lowest BCUT2D eigenvalue weighted by Crippen LogP contribution is -2.31. The van der Waals surface area contributed by atoms with E-state index in [4.69, 9.17) is 4.42 Å². The van der Waals surface area contributed by atoms with E-state index in [2.05, 4.69) is 24.8 Å². The first-order valence-electron chi connectivity index (χ1n) is 6.82. The Balaban J connectivity index is 1.63. The molecule has 21 heavy (non-hydrogen) atoms. The van der Waals surface area contributed by atoms with Crippen molar-refractivity contribution in [3.05, 3.63) is 54.3 Å². The van der Waals surface area contributed by atoms with Crippen LogP contribution in [0.15, 0.2) is 47.3 Å². The predicted molar refractivity (Wildman–Crippen MR) is 76.5 cm³/mol. The maximum absolute atomic E-state index is 5.84. The summed E-state index contributed by atoms with van der Waals surface area (Å²) < 4.78 is 5.84. The van der Waals surface area contributed by atoms with E-state index in [9.17, 15) is 0 Å². The Bertz CT molecular complexity index is 741. The van der Waals surface area contributed by atoms with E-state index in [-0.39, 0.29) is 0 Å². The average Bonchev–Trinajstić information content (AvgIpc) is 2.99. The number of fused-ring (bicyclic) bond motifs is 1. The zero-order chi connectivity index (χ0) is 14.1. The number of pyridine rings is 1. The third-order valence-corrected chi connectivity index (χ3v) is 3.45. The summed E-state index contributed by atoms with van der Waals surface area (Å²) >= 11 is 0. The second kappa shape index (κ2) is 4.97. The van der Waals surface area contributed by atoms with Gasteiger partial charge in [-0.25, -0.2) is 15.0 Å². The largest absolute Gasteiger partial charge is 0.439 e. The molecule has 0 aliphatic carbocycles. The average molecular weight is 279 g/mol. The minimum atomic E-state index is 0.580. The highest BCUT2D eigenvalue weighted by Crippen LogP contribution is 2.26. The van der Waals surface area contributed by atoms with E-state index >= 15 is 0 Å². The van der Waals surface area contributed by atoms with Crippen molar-refractivity contribution in [3.63, 3.8) is 0 Å². The number of hydrogen-bond donors (Lipinski definition) is 0. The van der Waals surface area contributed by atoms with Crippen molar-refractivity contribution in [1.29, 1.82) is 0 Å². The molecule has 0 aromatic carbocycles. The zero-order valence-electron chi connectivity index (χ0n) is 11.3. The minimum absolute atomic E-state index is 0.580. The van der Waals surface area contributed by atoms with Crippen LogP contribution < -0.4 is 4.90 Å². The molecule has 0 N–H and O–H groups in total. The smallest absolute Gasteiger partial charge is 0.245 e. The topological polar surface area (TPSA) is 67.9 Å². The van der Waals surface area contributed by atoms with Crippen LogP contribution in [0.1, 0.15) is 11.5 Å². The van der Waals surface area contributed by atoms with E-state index in [1.54, 1.807) is 18.6 Å². The fourth-order valence-electron chi connectivity index (χ4n) is 2.42. The fraction of sp³-hybridized carbons (Fsp3) is 0.200. The molecule has 3 aromatic heterocycles. The second-order valence-electron chi connectivity index (χ2n) is 4.82. The van der Waals surface area contributed by atoms with Crippen molar-refractivity contribution in [1.82, 2.24) is 19.9 Å². The maximum atomic E-state index is 5.84. The SMILES string of the molecule is c1ccc(-c2nc3c(o2)CCN(c2ncccn2)C3)nc1. The molecule has 6 heteroatoms. The standard InChI is InChI=1S/C15H13N5O/c1-2-6-16-11(4-1)14-19-12-10-20(9-5-13(12)21-14)15-17-7-3-8-18-15/h1-4,6-8H,5,9-10H2. The summed E-state index contributed by atoms with van der Waals surface area (Å²) in [6.45, 7) is 1.49. The lowest BCUT2D eigenvalue weighted by Gasteiger charge is -2.24. The van der Waals surface area contributed by atoms with Gasteiger partial charge in [0.15, 0.2) is 0 Å². The highest BCUT2D eigenvalue weighted by molar-refractivity contribution is 5.48. The van der Waals surface area contributed by atoms with Gasteiger partial charge in [-0.2, -0.15) is 0 Å². The number of rotatable bonds is 2. The maximum Gasteiger partial charge on any atom is 0.245 e. The lowest BCUT2D eigenvalue weighted by molar-refractivity contribution is 0.496. The Kier molecular flexibility index (Phi) is 2.85. The van der Waals surface area contributed by atoms with E-state index in [1.807, 2.05) is 24.3 Å². The number of nitrogens with zero attached hydrogens (tertiary/aromatic N) is 5. The Labute approximate surface area is 121 Å². The summed E-state index contributed by atoms with van der Waals surface area (Å²) in [7, 11) is 0. The first-order chi connectivity index (χ1) is 10.4. The Morgan fingerprint density at radius 3 is 2.67 bits per heavy atom. The van der Waals surface area contributed by atoms with Crippen LogP contribution in [-0.2, 0) is 13.0 Å². The molecule has 1 aliphatic rings. The molecule has 0 spiro atoms. The molecule has 0 unspecified atom stereocenters. The van der Waals surface area contributed by atoms with Gasteiger partial charge in [0.05, 0.1) is 6.54 Å². The molecule has 104 valence electrons. The number of anilines is 1. The monoisotopic (exact) mass is 279 g/mol. The molecule has 0 saturated heterocycles. The molecule has 0 radical (unpaired) electrons. The van der Waals surface area contributed by atoms with Crippen LogP contribution in [0.5, 0.6) is 0 Å². The zero-order valence-corrected chi connectivity index (χ0v) is 11.3. The summed E-state index contributed by atoms with van der Waals surface area (Å²) in [6, 6.07) is 7.51. The summed E-state index contributed by atoms with van der Waals surface area (Å²) in [6.07, 6.45) is 6.04. The summed E-state index contributed by atoms with van der Waals surface area (Å²) in [5.41, 5.74) is 1.70. The molecule has 0 saturated carbocycles. The van der Waals surface area contributed by atoms with Gasteiger partial charge in [0.2, 0.25) is 11.8 Å². The van der Waals surface area contributed by atoms with Gasteiger partial charge in [0.25, 0.3) is 0 Å². The van der Waals surface area contributed by atoms with Gasteiger partial charge in [-0.1, -0.05) is 6.07 Å². The molecular formula is C15H13N5O. The molecule has 4 rings (SSSR count). The first-order valence-corrected chi connectivity index (χ1v) is 6.82. The van der Waals surface area contributed by atoms with Crippen molar-refractivity contribution in [2.75, 3.05) is 11.4 Å². The minimum Gasteiger partial charge on any atom is -0.439 e. The van der Waals surface area contributed by atoms with Crippen LogP contribution in [0.2, 0.25) is 0 Å². The van der Waals surface area contributed by atoms with Gasteiger partial charge >= 0.3 is 0 Å². The predicted octanol–water partition coefficient (Wildman–Crippen LogP) is 2.09. The van der Waals surface area contributed by atoms with Gasteiger partial charge in [0, 0.05) is 31.6 Å². The highest BCUT2D eigenvalue weighted by Gasteiger charge is 2.24. The van der Waals surface area contributed by atoms with Crippen LogP contribution in [0.3, 0.4) is 0 Å². The van der Waals surface area contributed by atoms with Crippen LogP contribution in [0.25, 0.3) is 11.6 Å². The Morgan fingerprint density at radius 2 is 1.86 bits per heavy atom. The van der Waals surface area contributed by atoms with Crippen LogP contribution in [0, 0.1) is 0 Å². The van der Waals surface area contributed by atoms with E-state index < -0.39 is 0 Å². The summed E-state index contributed by atoms with van der Waals surface area (Å²) in [5, 5.41) is 0. The molecule has 1 aliphatic heterocycles. The van der Waals surface area contributed by atoms with E-state index in [1.165, 1.54) is 0 Å².